The molecule has 1 aromatic carbocycles. The van der Waals surface area contributed by atoms with Crippen LogP contribution in [0.5, 0.6) is 5.75 Å². The zero-order valence-electron chi connectivity index (χ0n) is 12.4. The summed E-state index contributed by atoms with van der Waals surface area (Å²) in [5, 5.41) is 4.38. The van der Waals surface area contributed by atoms with E-state index in [4.69, 9.17) is 10.6 Å². The highest BCUT2D eigenvalue weighted by atomic mass is 16.5. The maximum atomic E-state index is 5.87. The molecule has 1 atom stereocenters. The lowest BCUT2D eigenvalue weighted by molar-refractivity contribution is 0.238. The molecular formula is C15H22N4O. The van der Waals surface area contributed by atoms with Crippen LogP contribution in [-0.4, -0.2) is 15.9 Å². The molecule has 20 heavy (non-hydrogen) atoms. The Morgan fingerprint density at radius 1 is 1.25 bits per heavy atom. The van der Waals surface area contributed by atoms with E-state index in [2.05, 4.69) is 10.5 Å². The molecule has 0 bridgehead atoms. The van der Waals surface area contributed by atoms with Gasteiger partial charge in [0.1, 0.15) is 5.75 Å². The topological polar surface area (TPSA) is 65.1 Å². The van der Waals surface area contributed by atoms with Gasteiger partial charge in [-0.2, -0.15) is 5.10 Å². The van der Waals surface area contributed by atoms with E-state index in [1.54, 1.807) is 4.68 Å². The second-order valence-electron chi connectivity index (χ2n) is 5.15. The van der Waals surface area contributed by atoms with Gasteiger partial charge in [-0.1, -0.05) is 18.2 Å². The quantitative estimate of drug-likeness (QED) is 0.647. The molecule has 3 N–H and O–H groups in total. The van der Waals surface area contributed by atoms with Crippen LogP contribution in [0, 0.1) is 6.92 Å². The largest absolute Gasteiger partial charge is 0.491 e. The normalized spacial score (nSPS) is 12.7. The third-order valence-corrected chi connectivity index (χ3v) is 3.12. The molecular weight excluding hydrogens is 252 g/mol. The second kappa shape index (κ2) is 6.07. The number of benzene rings is 1. The van der Waals surface area contributed by atoms with E-state index < -0.39 is 0 Å². The highest BCUT2D eigenvalue weighted by Gasteiger charge is 2.21. The van der Waals surface area contributed by atoms with Crippen molar-refractivity contribution in [3.05, 3.63) is 47.3 Å². The van der Waals surface area contributed by atoms with E-state index in [1.807, 2.05) is 58.3 Å². The molecule has 5 heteroatoms. The molecule has 0 radical (unpaired) electrons. The van der Waals surface area contributed by atoms with Gasteiger partial charge in [0, 0.05) is 24.4 Å². The van der Waals surface area contributed by atoms with Crippen LogP contribution in [0.3, 0.4) is 0 Å². The number of nitrogens with zero attached hydrogens (tertiary/aromatic N) is 2. The Kier molecular flexibility index (Phi) is 4.42. The second-order valence-corrected chi connectivity index (χ2v) is 5.15. The lowest BCUT2D eigenvalue weighted by atomic mass is 9.99. The van der Waals surface area contributed by atoms with Crippen molar-refractivity contribution in [2.45, 2.75) is 32.9 Å². The lowest BCUT2D eigenvalue weighted by Crippen LogP contribution is -2.29. The van der Waals surface area contributed by atoms with Gasteiger partial charge in [-0.3, -0.25) is 10.5 Å². The molecule has 2 aromatic rings. The number of hydrogen-bond donors (Lipinski definition) is 2. The van der Waals surface area contributed by atoms with E-state index in [9.17, 15) is 0 Å². The molecule has 0 aliphatic heterocycles. The minimum Gasteiger partial charge on any atom is -0.491 e. The van der Waals surface area contributed by atoms with Crippen molar-refractivity contribution in [2.75, 3.05) is 0 Å². The molecule has 0 aliphatic carbocycles. The maximum Gasteiger partial charge on any atom is 0.124 e. The molecule has 0 fully saturated rings. The molecule has 1 aromatic heterocycles. The Morgan fingerprint density at radius 3 is 2.50 bits per heavy atom. The van der Waals surface area contributed by atoms with Gasteiger partial charge < -0.3 is 4.74 Å². The van der Waals surface area contributed by atoms with Crippen molar-refractivity contribution in [2.24, 2.45) is 12.9 Å². The number of nitrogens with one attached hydrogen (secondary N) is 1. The first kappa shape index (κ1) is 14.6. The monoisotopic (exact) mass is 274 g/mol. The molecule has 1 unspecified atom stereocenters. The van der Waals surface area contributed by atoms with Crippen LogP contribution >= 0.6 is 0 Å². The van der Waals surface area contributed by atoms with Crippen molar-refractivity contribution in [1.82, 2.24) is 15.2 Å². The van der Waals surface area contributed by atoms with Gasteiger partial charge in [-0.25, -0.2) is 5.43 Å². The smallest absolute Gasteiger partial charge is 0.124 e. The summed E-state index contributed by atoms with van der Waals surface area (Å²) >= 11 is 0. The Morgan fingerprint density at radius 2 is 1.95 bits per heavy atom. The lowest BCUT2D eigenvalue weighted by Gasteiger charge is -2.21. The average molecular weight is 274 g/mol. The first-order valence-corrected chi connectivity index (χ1v) is 6.74. The van der Waals surface area contributed by atoms with Crippen LogP contribution in [0.4, 0.5) is 0 Å². The molecule has 5 nitrogen and oxygen atoms in total. The van der Waals surface area contributed by atoms with Crippen LogP contribution < -0.4 is 16.0 Å². The molecule has 0 aliphatic rings. The number of ether oxygens (including phenoxy) is 1. The standard InChI is InChI=1S/C15H22N4O/c1-10(2)20-14-8-6-5-7-12(14)15(17-16)13-9-19(4)18-11(13)3/h5-10,15,17H,16H2,1-4H3. The van der Waals surface area contributed by atoms with Gasteiger partial charge in [0.05, 0.1) is 17.8 Å². The molecule has 0 spiro atoms. The van der Waals surface area contributed by atoms with Gasteiger partial charge in [0.15, 0.2) is 0 Å². The minimum atomic E-state index is -0.140. The van der Waals surface area contributed by atoms with Crippen molar-refractivity contribution in [1.29, 1.82) is 0 Å². The fraction of sp³-hybridized carbons (Fsp3) is 0.400. The van der Waals surface area contributed by atoms with Gasteiger partial charge in [-0.15, -0.1) is 0 Å². The Bertz CT molecular complexity index is 577. The number of aromatic nitrogens is 2. The van der Waals surface area contributed by atoms with E-state index in [-0.39, 0.29) is 12.1 Å². The number of nitrogens with two attached hydrogens (primary N) is 1. The van der Waals surface area contributed by atoms with E-state index in [0.717, 1.165) is 22.6 Å². The summed E-state index contributed by atoms with van der Waals surface area (Å²) in [6.07, 6.45) is 2.09. The van der Waals surface area contributed by atoms with Crippen molar-refractivity contribution in [3.63, 3.8) is 0 Å². The van der Waals surface area contributed by atoms with Crippen LogP contribution in [0.2, 0.25) is 0 Å². The molecule has 1 heterocycles. The summed E-state index contributed by atoms with van der Waals surface area (Å²) in [5.41, 5.74) is 5.89. The zero-order valence-corrected chi connectivity index (χ0v) is 12.4. The van der Waals surface area contributed by atoms with Crippen LogP contribution in [0.15, 0.2) is 30.5 Å². The predicted molar refractivity (Wildman–Crippen MR) is 79.3 cm³/mol. The average Bonchev–Trinajstić information content (AvgIpc) is 2.71. The summed E-state index contributed by atoms with van der Waals surface area (Å²) in [4.78, 5) is 0. The third-order valence-electron chi connectivity index (χ3n) is 3.12. The zero-order chi connectivity index (χ0) is 14.7. The summed E-state index contributed by atoms with van der Waals surface area (Å²) in [5.74, 6) is 6.61. The number of rotatable bonds is 5. The number of hydrogen-bond acceptors (Lipinski definition) is 4. The van der Waals surface area contributed by atoms with Crippen LogP contribution in [0.25, 0.3) is 0 Å². The minimum absolute atomic E-state index is 0.115. The molecule has 0 saturated heterocycles. The third kappa shape index (κ3) is 3.00. The Labute approximate surface area is 119 Å². The highest BCUT2D eigenvalue weighted by Crippen LogP contribution is 2.31. The van der Waals surface area contributed by atoms with Gasteiger partial charge in [0.25, 0.3) is 0 Å². The number of aryl methyl sites for hydroxylation is 2. The molecule has 108 valence electrons. The summed E-state index contributed by atoms with van der Waals surface area (Å²) in [6, 6.07) is 7.79. The van der Waals surface area contributed by atoms with E-state index >= 15 is 0 Å². The van der Waals surface area contributed by atoms with Crippen molar-refractivity contribution >= 4 is 0 Å². The first-order chi connectivity index (χ1) is 9.52. The summed E-state index contributed by atoms with van der Waals surface area (Å²) in [7, 11) is 1.90. The van der Waals surface area contributed by atoms with Crippen molar-refractivity contribution < 1.29 is 4.74 Å². The fourth-order valence-corrected chi connectivity index (χ4v) is 2.33. The van der Waals surface area contributed by atoms with Crippen LogP contribution in [-0.2, 0) is 7.05 Å². The summed E-state index contributed by atoms with van der Waals surface area (Å²) in [6.45, 7) is 6.00. The van der Waals surface area contributed by atoms with Gasteiger partial charge >= 0.3 is 0 Å². The number of hydrazine groups is 1. The Balaban J connectivity index is 2.44. The molecule has 0 amide bonds. The van der Waals surface area contributed by atoms with Gasteiger partial charge in [-0.05, 0) is 26.8 Å². The first-order valence-electron chi connectivity index (χ1n) is 6.74. The fourth-order valence-electron chi connectivity index (χ4n) is 2.33. The molecule has 0 saturated carbocycles. The summed E-state index contributed by atoms with van der Waals surface area (Å²) < 4.78 is 7.67. The maximum absolute atomic E-state index is 5.87. The van der Waals surface area contributed by atoms with E-state index in [1.165, 1.54) is 0 Å². The van der Waals surface area contributed by atoms with Crippen molar-refractivity contribution in [3.8, 4) is 5.75 Å². The van der Waals surface area contributed by atoms with Gasteiger partial charge in [0.2, 0.25) is 0 Å². The van der Waals surface area contributed by atoms with Crippen LogP contribution in [0.1, 0.15) is 36.7 Å². The molecule has 2 rings (SSSR count). The highest BCUT2D eigenvalue weighted by molar-refractivity contribution is 5.42. The SMILES string of the molecule is Cc1nn(C)cc1C(NN)c1ccccc1OC(C)C. The Hall–Kier alpha value is -1.85. The predicted octanol–water partition coefficient (Wildman–Crippen LogP) is 2.07. The van der Waals surface area contributed by atoms with E-state index in [0.29, 0.717) is 0 Å². The number of para-hydroxylation sites is 1.